The zero-order chi connectivity index (χ0) is 23.4. The number of nitrogens with zero attached hydrogens (tertiary/aromatic N) is 2. The number of imide groups is 1. The highest BCUT2D eigenvalue weighted by atomic mass is 19.1. The van der Waals surface area contributed by atoms with Gasteiger partial charge in [-0.3, -0.25) is 10.2 Å². The van der Waals surface area contributed by atoms with Gasteiger partial charge in [0.25, 0.3) is 0 Å². The van der Waals surface area contributed by atoms with Crippen molar-refractivity contribution in [2.24, 2.45) is 0 Å². The fraction of sp³-hybridized carbons (Fsp3) is 0.333. The number of carbonyl (C=O) groups excluding carboxylic acids is 2. The number of ether oxygens (including phenoxy) is 1. The zero-order valence-electron chi connectivity index (χ0n) is 17.4. The lowest BCUT2D eigenvalue weighted by Gasteiger charge is -2.41. The minimum absolute atomic E-state index is 0.00138. The van der Waals surface area contributed by atoms with E-state index >= 15 is 0 Å². The first-order valence-corrected chi connectivity index (χ1v) is 9.85. The maximum absolute atomic E-state index is 14.4. The van der Waals surface area contributed by atoms with Crippen molar-refractivity contribution >= 4 is 17.7 Å². The molecule has 3 rings (SSSR count). The van der Waals surface area contributed by atoms with E-state index < -0.39 is 42.4 Å². The average Bonchev–Trinajstić information content (AvgIpc) is 2.71. The molecule has 1 heterocycles. The van der Waals surface area contributed by atoms with Gasteiger partial charge in [0.1, 0.15) is 11.6 Å². The van der Waals surface area contributed by atoms with Crippen molar-refractivity contribution in [3.05, 3.63) is 59.4 Å². The predicted molar refractivity (Wildman–Crippen MR) is 109 cm³/mol. The molecule has 0 aliphatic carbocycles. The van der Waals surface area contributed by atoms with Crippen LogP contribution in [-0.2, 0) is 6.54 Å². The Morgan fingerprint density at radius 1 is 1.12 bits per heavy atom. The van der Waals surface area contributed by atoms with Crippen LogP contribution in [0.2, 0.25) is 0 Å². The second-order valence-corrected chi connectivity index (χ2v) is 7.33. The number of anilines is 1. The highest BCUT2D eigenvalue weighted by Gasteiger charge is 2.38. The van der Waals surface area contributed by atoms with Crippen LogP contribution in [0.5, 0.6) is 5.75 Å². The van der Waals surface area contributed by atoms with Crippen LogP contribution in [0, 0.1) is 17.5 Å². The summed E-state index contributed by atoms with van der Waals surface area (Å²) in [5.74, 6) is -2.27. The van der Waals surface area contributed by atoms with Crippen LogP contribution in [0.4, 0.5) is 28.4 Å². The summed E-state index contributed by atoms with van der Waals surface area (Å²) in [6, 6.07) is 5.31. The Bertz CT molecular complexity index is 1010. The van der Waals surface area contributed by atoms with Gasteiger partial charge in [-0.25, -0.2) is 27.7 Å². The van der Waals surface area contributed by atoms with Crippen LogP contribution in [0.25, 0.3) is 0 Å². The Morgan fingerprint density at radius 3 is 2.50 bits per heavy atom. The van der Waals surface area contributed by atoms with Crippen LogP contribution in [-0.4, -0.2) is 52.5 Å². The van der Waals surface area contributed by atoms with Crippen LogP contribution in [0.15, 0.2) is 36.4 Å². The molecule has 172 valence electrons. The number of aliphatic hydroxyl groups excluding tert-OH is 1. The number of benzene rings is 2. The molecule has 1 saturated heterocycles. The molecule has 11 heteroatoms. The molecule has 32 heavy (non-hydrogen) atoms. The van der Waals surface area contributed by atoms with Crippen LogP contribution in [0.3, 0.4) is 0 Å². The normalized spacial score (nSPS) is 16.4. The van der Waals surface area contributed by atoms with Gasteiger partial charge in [-0.2, -0.15) is 0 Å². The van der Waals surface area contributed by atoms with Crippen LogP contribution in [0.1, 0.15) is 19.4 Å². The molecule has 0 aromatic heterocycles. The van der Waals surface area contributed by atoms with Crippen molar-refractivity contribution in [1.29, 1.82) is 0 Å². The van der Waals surface area contributed by atoms with Gasteiger partial charge in [-0.15, -0.1) is 0 Å². The number of hydrogen-bond acceptors (Lipinski definition) is 5. The quantitative estimate of drug-likeness (QED) is 0.572. The molecule has 1 atom stereocenters. The lowest BCUT2D eigenvalue weighted by Crippen LogP contribution is -2.67. The number of aliphatic hydroxyl groups is 1. The first-order valence-electron chi connectivity index (χ1n) is 9.85. The molecule has 1 aliphatic rings. The molecule has 2 aromatic carbocycles. The third-order valence-corrected chi connectivity index (χ3v) is 4.57. The molecule has 0 bridgehead atoms. The minimum atomic E-state index is -1.18. The first kappa shape index (κ1) is 23.2. The summed E-state index contributed by atoms with van der Waals surface area (Å²) in [7, 11) is 0. The number of rotatable bonds is 8. The van der Waals surface area contributed by atoms with Crippen molar-refractivity contribution in [2.75, 3.05) is 18.5 Å². The highest BCUT2D eigenvalue weighted by Crippen LogP contribution is 2.24. The lowest BCUT2D eigenvalue weighted by molar-refractivity contribution is 0.0987. The fourth-order valence-electron chi connectivity index (χ4n) is 3.13. The maximum atomic E-state index is 14.4. The summed E-state index contributed by atoms with van der Waals surface area (Å²) in [6.07, 6.45) is -1.41. The number of halogens is 3. The SMILES string of the molecule is CC(C)Oc1ccc(NC2NC(=O)N(CCO)C(=O)N2Cc2ccc(F)cc2F)cc1F. The first-order chi connectivity index (χ1) is 15.2. The van der Waals surface area contributed by atoms with E-state index in [0.29, 0.717) is 6.07 Å². The summed E-state index contributed by atoms with van der Waals surface area (Å²) in [5.41, 5.74) is 0.218. The number of nitrogens with one attached hydrogen (secondary N) is 2. The van der Waals surface area contributed by atoms with E-state index in [9.17, 15) is 22.8 Å². The fourth-order valence-corrected chi connectivity index (χ4v) is 3.13. The molecule has 2 aromatic rings. The standard InChI is InChI=1S/C21H23F3N4O4/c1-12(2)32-18-6-5-15(10-17(18)24)25-19-26-20(30)27(7-8-29)21(31)28(19)11-13-3-4-14(22)9-16(13)23/h3-6,9-10,12,19,25,29H,7-8,11H2,1-2H3,(H,26,30). The molecule has 3 N–H and O–H groups in total. The van der Waals surface area contributed by atoms with Gasteiger partial charge < -0.3 is 15.2 Å². The van der Waals surface area contributed by atoms with Gasteiger partial charge >= 0.3 is 12.1 Å². The average molecular weight is 452 g/mol. The van der Waals surface area contributed by atoms with Crippen molar-refractivity contribution < 1.29 is 32.6 Å². The van der Waals surface area contributed by atoms with E-state index in [1.165, 1.54) is 18.2 Å². The van der Waals surface area contributed by atoms with Crippen LogP contribution >= 0.6 is 0 Å². The van der Waals surface area contributed by atoms with Crippen molar-refractivity contribution in [3.63, 3.8) is 0 Å². The van der Waals surface area contributed by atoms with E-state index in [2.05, 4.69) is 10.6 Å². The molecule has 1 aliphatic heterocycles. The predicted octanol–water partition coefficient (Wildman–Crippen LogP) is 3.23. The summed E-state index contributed by atoms with van der Waals surface area (Å²) in [6.45, 7) is 2.41. The van der Waals surface area contributed by atoms with Gasteiger partial charge in [0.2, 0.25) is 0 Å². The molecule has 1 fully saturated rings. The lowest BCUT2D eigenvalue weighted by atomic mass is 10.2. The summed E-state index contributed by atoms with van der Waals surface area (Å²) < 4.78 is 47.2. The van der Waals surface area contributed by atoms with Crippen LogP contribution < -0.4 is 15.4 Å². The van der Waals surface area contributed by atoms with Crippen molar-refractivity contribution in [1.82, 2.24) is 15.1 Å². The highest BCUT2D eigenvalue weighted by molar-refractivity contribution is 5.96. The molecule has 8 nitrogen and oxygen atoms in total. The van der Waals surface area contributed by atoms with Gasteiger partial charge in [0.05, 0.1) is 25.8 Å². The Kier molecular flexibility index (Phi) is 7.08. The Labute approximate surface area is 182 Å². The summed E-state index contributed by atoms with van der Waals surface area (Å²) >= 11 is 0. The molecular formula is C21H23F3N4O4. The Hall–Kier alpha value is -3.47. The smallest absolute Gasteiger partial charge is 0.331 e. The number of β-amino-alcohol motifs (C(OH)–C–C–N with tert-alkyl or cyclic N) is 1. The monoisotopic (exact) mass is 452 g/mol. The Balaban J connectivity index is 1.88. The molecule has 1 unspecified atom stereocenters. The van der Waals surface area contributed by atoms with E-state index in [4.69, 9.17) is 9.84 Å². The summed E-state index contributed by atoms with van der Waals surface area (Å²) in [4.78, 5) is 27.1. The van der Waals surface area contributed by atoms with Crippen molar-refractivity contribution in [3.8, 4) is 5.75 Å². The minimum Gasteiger partial charge on any atom is -0.488 e. The summed E-state index contributed by atoms with van der Waals surface area (Å²) in [5, 5.41) is 14.5. The number of hydrogen-bond donors (Lipinski definition) is 3. The third-order valence-electron chi connectivity index (χ3n) is 4.57. The molecule has 4 amide bonds. The van der Waals surface area contributed by atoms with Gasteiger partial charge in [0.15, 0.2) is 17.9 Å². The molecule has 0 radical (unpaired) electrons. The van der Waals surface area contributed by atoms with Gasteiger partial charge in [-0.1, -0.05) is 6.07 Å². The van der Waals surface area contributed by atoms with Crippen molar-refractivity contribution in [2.45, 2.75) is 32.8 Å². The van der Waals surface area contributed by atoms with E-state index in [-0.39, 0.29) is 36.2 Å². The van der Waals surface area contributed by atoms with E-state index in [1.807, 2.05) is 0 Å². The number of amides is 4. The number of urea groups is 2. The van der Waals surface area contributed by atoms with E-state index in [0.717, 1.165) is 21.9 Å². The third kappa shape index (κ3) is 5.22. The number of carbonyl (C=O) groups is 2. The maximum Gasteiger partial charge on any atom is 0.331 e. The van der Waals surface area contributed by atoms with Gasteiger partial charge in [-0.05, 0) is 32.0 Å². The molecular weight excluding hydrogens is 429 g/mol. The second kappa shape index (κ2) is 9.77. The molecule has 0 saturated carbocycles. The zero-order valence-corrected chi connectivity index (χ0v) is 17.4. The Morgan fingerprint density at radius 2 is 1.88 bits per heavy atom. The van der Waals surface area contributed by atoms with Gasteiger partial charge in [0, 0.05) is 23.4 Å². The van der Waals surface area contributed by atoms with E-state index in [1.54, 1.807) is 13.8 Å². The molecule has 0 spiro atoms. The topological polar surface area (TPSA) is 94.1 Å². The largest absolute Gasteiger partial charge is 0.488 e. The second-order valence-electron chi connectivity index (χ2n) is 7.33.